The molecule has 0 amide bonds. The standard InChI is InChI=1S/C11H9N3O4/c1-7-5-12-13(6-7)10-4-8(11(15)16)2-3-9(10)14(17)18/h2-6H,1H3,(H,15,16). The van der Waals surface area contributed by atoms with Gasteiger partial charge in [-0.05, 0) is 24.6 Å². The van der Waals surface area contributed by atoms with E-state index in [1.807, 2.05) is 0 Å². The second-order valence-corrected chi connectivity index (χ2v) is 3.73. The van der Waals surface area contributed by atoms with Gasteiger partial charge in [-0.2, -0.15) is 5.10 Å². The average Bonchev–Trinajstić information content (AvgIpc) is 2.74. The number of hydrogen-bond acceptors (Lipinski definition) is 4. The first-order valence-electron chi connectivity index (χ1n) is 5.02. The lowest BCUT2D eigenvalue weighted by atomic mass is 10.1. The molecule has 92 valence electrons. The van der Waals surface area contributed by atoms with Gasteiger partial charge in [-0.3, -0.25) is 10.1 Å². The Kier molecular flexibility index (Phi) is 2.80. The molecule has 2 aromatic rings. The molecule has 2 rings (SSSR count). The summed E-state index contributed by atoms with van der Waals surface area (Å²) >= 11 is 0. The van der Waals surface area contributed by atoms with E-state index in [9.17, 15) is 14.9 Å². The van der Waals surface area contributed by atoms with Crippen molar-refractivity contribution in [1.82, 2.24) is 9.78 Å². The Balaban J connectivity index is 2.64. The normalized spacial score (nSPS) is 10.3. The van der Waals surface area contributed by atoms with Crippen LogP contribution in [-0.2, 0) is 0 Å². The van der Waals surface area contributed by atoms with E-state index in [0.29, 0.717) is 0 Å². The quantitative estimate of drug-likeness (QED) is 0.658. The summed E-state index contributed by atoms with van der Waals surface area (Å²) in [6, 6.07) is 3.59. The lowest BCUT2D eigenvalue weighted by molar-refractivity contribution is -0.384. The summed E-state index contributed by atoms with van der Waals surface area (Å²) in [5, 5.41) is 23.7. The summed E-state index contributed by atoms with van der Waals surface area (Å²) in [7, 11) is 0. The van der Waals surface area contributed by atoms with Crippen molar-refractivity contribution in [2.45, 2.75) is 6.92 Å². The van der Waals surface area contributed by atoms with Gasteiger partial charge in [-0.25, -0.2) is 9.48 Å². The Hall–Kier alpha value is -2.70. The third kappa shape index (κ3) is 2.05. The van der Waals surface area contributed by atoms with E-state index in [4.69, 9.17) is 5.11 Å². The van der Waals surface area contributed by atoms with Crippen molar-refractivity contribution in [2.75, 3.05) is 0 Å². The molecular formula is C11H9N3O4. The molecule has 0 saturated carbocycles. The summed E-state index contributed by atoms with van der Waals surface area (Å²) in [5.74, 6) is -1.14. The SMILES string of the molecule is Cc1cnn(-c2cc(C(=O)O)ccc2[N+](=O)[O-])c1. The number of hydrogen-bond donors (Lipinski definition) is 1. The van der Waals surface area contributed by atoms with E-state index in [2.05, 4.69) is 5.10 Å². The van der Waals surface area contributed by atoms with Crippen LogP contribution in [0.15, 0.2) is 30.6 Å². The number of carbonyl (C=O) groups is 1. The summed E-state index contributed by atoms with van der Waals surface area (Å²) < 4.78 is 1.29. The summed E-state index contributed by atoms with van der Waals surface area (Å²) in [6.45, 7) is 1.79. The molecule has 0 fully saturated rings. The summed E-state index contributed by atoms with van der Waals surface area (Å²) in [6.07, 6.45) is 3.13. The topological polar surface area (TPSA) is 98.3 Å². The lowest BCUT2D eigenvalue weighted by Gasteiger charge is -2.04. The smallest absolute Gasteiger partial charge is 0.335 e. The fraction of sp³-hybridized carbons (Fsp3) is 0.0909. The minimum atomic E-state index is -1.14. The maximum absolute atomic E-state index is 10.9. The number of nitrogens with zero attached hydrogens (tertiary/aromatic N) is 3. The van der Waals surface area contributed by atoms with E-state index in [1.54, 1.807) is 13.1 Å². The van der Waals surface area contributed by atoms with Gasteiger partial charge in [-0.1, -0.05) is 0 Å². The highest BCUT2D eigenvalue weighted by Crippen LogP contribution is 2.23. The maximum Gasteiger partial charge on any atom is 0.335 e. The average molecular weight is 247 g/mol. The molecular weight excluding hydrogens is 238 g/mol. The van der Waals surface area contributed by atoms with E-state index in [1.165, 1.54) is 23.0 Å². The van der Waals surface area contributed by atoms with Crippen LogP contribution in [0.4, 0.5) is 5.69 Å². The molecule has 0 aliphatic rings. The molecule has 1 aromatic carbocycles. The minimum Gasteiger partial charge on any atom is -0.478 e. The fourth-order valence-electron chi connectivity index (χ4n) is 1.54. The van der Waals surface area contributed by atoms with E-state index in [0.717, 1.165) is 11.6 Å². The van der Waals surface area contributed by atoms with Crippen molar-refractivity contribution in [1.29, 1.82) is 0 Å². The number of aromatic carboxylic acids is 1. The molecule has 18 heavy (non-hydrogen) atoms. The Labute approximate surface area is 101 Å². The van der Waals surface area contributed by atoms with Crippen molar-refractivity contribution in [3.8, 4) is 5.69 Å². The van der Waals surface area contributed by atoms with Crippen LogP contribution >= 0.6 is 0 Å². The molecule has 0 unspecified atom stereocenters. The van der Waals surface area contributed by atoms with E-state index in [-0.39, 0.29) is 16.9 Å². The molecule has 0 radical (unpaired) electrons. The molecule has 7 nitrogen and oxygen atoms in total. The second kappa shape index (κ2) is 4.28. The van der Waals surface area contributed by atoms with Gasteiger partial charge in [0.25, 0.3) is 5.69 Å². The van der Waals surface area contributed by atoms with Crippen molar-refractivity contribution < 1.29 is 14.8 Å². The first kappa shape index (κ1) is 11.8. The minimum absolute atomic E-state index is 0.0243. The van der Waals surface area contributed by atoms with Gasteiger partial charge in [0.2, 0.25) is 0 Å². The molecule has 7 heteroatoms. The first-order chi connectivity index (χ1) is 8.49. The van der Waals surface area contributed by atoms with Crippen molar-refractivity contribution in [3.05, 3.63) is 51.8 Å². The third-order valence-electron chi connectivity index (χ3n) is 2.38. The highest BCUT2D eigenvalue weighted by Gasteiger charge is 2.18. The number of nitro groups is 1. The van der Waals surface area contributed by atoms with Gasteiger partial charge in [0.05, 0.1) is 16.7 Å². The van der Waals surface area contributed by atoms with Crippen LogP contribution in [0.25, 0.3) is 5.69 Å². The molecule has 0 aliphatic carbocycles. The van der Waals surface area contributed by atoms with Crippen molar-refractivity contribution >= 4 is 11.7 Å². The number of aromatic nitrogens is 2. The van der Waals surface area contributed by atoms with Crippen LogP contribution < -0.4 is 0 Å². The summed E-state index contributed by atoms with van der Waals surface area (Å²) in [4.78, 5) is 21.2. The van der Waals surface area contributed by atoms with Crippen molar-refractivity contribution in [3.63, 3.8) is 0 Å². The zero-order chi connectivity index (χ0) is 13.3. The maximum atomic E-state index is 10.9. The highest BCUT2D eigenvalue weighted by molar-refractivity contribution is 5.89. The van der Waals surface area contributed by atoms with Gasteiger partial charge in [-0.15, -0.1) is 0 Å². The zero-order valence-electron chi connectivity index (χ0n) is 9.40. The van der Waals surface area contributed by atoms with Gasteiger partial charge in [0.15, 0.2) is 0 Å². The summed E-state index contributed by atoms with van der Waals surface area (Å²) in [5.41, 5.74) is 0.741. The third-order valence-corrected chi connectivity index (χ3v) is 2.38. The van der Waals surface area contributed by atoms with Crippen LogP contribution in [0.1, 0.15) is 15.9 Å². The number of benzene rings is 1. The molecule has 1 heterocycles. The molecule has 0 atom stereocenters. The van der Waals surface area contributed by atoms with Crippen LogP contribution in [0.2, 0.25) is 0 Å². The number of carboxylic acid groups (broad SMARTS) is 1. The zero-order valence-corrected chi connectivity index (χ0v) is 9.40. The Morgan fingerprint density at radius 1 is 1.50 bits per heavy atom. The number of nitro benzene ring substituents is 1. The molecule has 0 aliphatic heterocycles. The number of rotatable bonds is 3. The van der Waals surface area contributed by atoms with Gasteiger partial charge >= 0.3 is 5.97 Å². The molecule has 1 N–H and O–H groups in total. The number of aryl methyl sites for hydroxylation is 1. The highest BCUT2D eigenvalue weighted by atomic mass is 16.6. The molecule has 0 saturated heterocycles. The Morgan fingerprint density at radius 2 is 2.22 bits per heavy atom. The first-order valence-corrected chi connectivity index (χ1v) is 5.02. The van der Waals surface area contributed by atoms with E-state index >= 15 is 0 Å². The monoisotopic (exact) mass is 247 g/mol. The predicted octanol–water partition coefficient (Wildman–Crippen LogP) is 1.79. The van der Waals surface area contributed by atoms with Crippen LogP contribution in [0.3, 0.4) is 0 Å². The van der Waals surface area contributed by atoms with Crippen molar-refractivity contribution in [2.24, 2.45) is 0 Å². The molecule has 0 spiro atoms. The Bertz CT molecular complexity index is 633. The van der Waals surface area contributed by atoms with Crippen LogP contribution in [0, 0.1) is 17.0 Å². The molecule has 1 aromatic heterocycles. The van der Waals surface area contributed by atoms with E-state index < -0.39 is 10.9 Å². The second-order valence-electron chi connectivity index (χ2n) is 3.73. The van der Waals surface area contributed by atoms with Gasteiger partial charge < -0.3 is 5.11 Å². The predicted molar refractivity (Wildman–Crippen MR) is 61.9 cm³/mol. The fourth-order valence-corrected chi connectivity index (χ4v) is 1.54. The van der Waals surface area contributed by atoms with Crippen LogP contribution in [0.5, 0.6) is 0 Å². The van der Waals surface area contributed by atoms with Gasteiger partial charge in [0, 0.05) is 12.3 Å². The van der Waals surface area contributed by atoms with Crippen LogP contribution in [-0.4, -0.2) is 25.8 Å². The van der Waals surface area contributed by atoms with Gasteiger partial charge in [0.1, 0.15) is 5.69 Å². The lowest BCUT2D eigenvalue weighted by Crippen LogP contribution is -2.04. The Morgan fingerprint density at radius 3 is 2.72 bits per heavy atom. The molecule has 0 bridgehead atoms. The number of carboxylic acids is 1. The largest absolute Gasteiger partial charge is 0.478 e.